The molecule has 31 heavy (non-hydrogen) atoms. The van der Waals surface area contributed by atoms with Crippen LogP contribution in [0, 0.1) is 6.92 Å². The molecule has 2 aliphatic rings. The average molecular weight is 420 g/mol. The van der Waals surface area contributed by atoms with Crippen molar-refractivity contribution in [3.63, 3.8) is 0 Å². The molecule has 2 amide bonds. The SMILES string of the molecule is Cc1ccccc1CN1CCCN(C(=O)C(c2ccccc2)N2CCCCC2=O)CC1. The number of carbonyl (C=O) groups excluding carboxylic acids is 2. The van der Waals surface area contributed by atoms with E-state index in [0.717, 1.165) is 51.0 Å². The summed E-state index contributed by atoms with van der Waals surface area (Å²) in [6.45, 7) is 7.03. The Balaban J connectivity index is 1.48. The third-order valence-corrected chi connectivity index (χ3v) is 6.58. The van der Waals surface area contributed by atoms with Crippen LogP contribution in [0.4, 0.5) is 0 Å². The van der Waals surface area contributed by atoms with Crippen molar-refractivity contribution in [3.8, 4) is 0 Å². The van der Waals surface area contributed by atoms with Gasteiger partial charge in [-0.3, -0.25) is 14.5 Å². The first kappa shape index (κ1) is 21.6. The standard InChI is InChI=1S/C26H33N3O2/c1-21-10-5-6-13-23(21)20-27-15-9-16-28(19-18-27)26(31)25(22-11-3-2-4-12-22)29-17-8-7-14-24(29)30/h2-6,10-13,25H,7-9,14-20H2,1H3. The Bertz CT molecular complexity index is 899. The summed E-state index contributed by atoms with van der Waals surface area (Å²) >= 11 is 0. The minimum Gasteiger partial charge on any atom is -0.339 e. The van der Waals surface area contributed by atoms with Crippen LogP contribution in [0.2, 0.25) is 0 Å². The Morgan fingerprint density at radius 3 is 2.42 bits per heavy atom. The van der Waals surface area contributed by atoms with Gasteiger partial charge in [-0.1, -0.05) is 54.6 Å². The molecule has 0 aliphatic carbocycles. The molecule has 5 nitrogen and oxygen atoms in total. The van der Waals surface area contributed by atoms with Crippen LogP contribution in [0.3, 0.4) is 0 Å². The Hall–Kier alpha value is -2.66. The van der Waals surface area contributed by atoms with Crippen LogP contribution in [0.15, 0.2) is 54.6 Å². The van der Waals surface area contributed by atoms with Crippen LogP contribution in [-0.2, 0) is 16.1 Å². The fraction of sp³-hybridized carbons (Fsp3) is 0.462. The number of rotatable bonds is 5. The fourth-order valence-corrected chi connectivity index (χ4v) is 4.74. The van der Waals surface area contributed by atoms with E-state index in [4.69, 9.17) is 0 Å². The monoisotopic (exact) mass is 419 g/mol. The number of nitrogens with zero attached hydrogens (tertiary/aromatic N) is 3. The third kappa shape index (κ3) is 5.16. The first-order chi connectivity index (χ1) is 15.1. The number of hydrogen-bond acceptors (Lipinski definition) is 3. The highest BCUT2D eigenvalue weighted by atomic mass is 16.2. The first-order valence-corrected chi connectivity index (χ1v) is 11.5. The molecule has 2 saturated heterocycles. The van der Waals surface area contributed by atoms with Crippen molar-refractivity contribution in [2.75, 3.05) is 32.7 Å². The summed E-state index contributed by atoms with van der Waals surface area (Å²) in [5.41, 5.74) is 3.58. The summed E-state index contributed by atoms with van der Waals surface area (Å²) in [6.07, 6.45) is 3.38. The number of carbonyl (C=O) groups is 2. The predicted molar refractivity (Wildman–Crippen MR) is 122 cm³/mol. The van der Waals surface area contributed by atoms with E-state index in [1.807, 2.05) is 40.1 Å². The van der Waals surface area contributed by atoms with Crippen molar-refractivity contribution < 1.29 is 9.59 Å². The molecule has 1 unspecified atom stereocenters. The van der Waals surface area contributed by atoms with Crippen molar-refractivity contribution in [3.05, 3.63) is 71.3 Å². The molecule has 0 radical (unpaired) electrons. The Morgan fingerprint density at radius 1 is 0.871 bits per heavy atom. The number of hydrogen-bond donors (Lipinski definition) is 0. The molecule has 0 saturated carbocycles. The molecule has 0 bridgehead atoms. The molecular weight excluding hydrogens is 386 g/mol. The summed E-state index contributed by atoms with van der Waals surface area (Å²) < 4.78 is 0. The van der Waals surface area contributed by atoms with Crippen LogP contribution in [-0.4, -0.2) is 59.2 Å². The van der Waals surface area contributed by atoms with Gasteiger partial charge in [0.25, 0.3) is 0 Å². The highest BCUT2D eigenvalue weighted by molar-refractivity contribution is 5.89. The number of piperidine rings is 1. The summed E-state index contributed by atoms with van der Waals surface area (Å²) in [6, 6.07) is 17.8. The molecule has 1 atom stereocenters. The molecule has 2 aromatic rings. The molecule has 0 aromatic heterocycles. The minimum absolute atomic E-state index is 0.0687. The average Bonchev–Trinajstić information content (AvgIpc) is 3.03. The zero-order valence-electron chi connectivity index (χ0n) is 18.5. The van der Waals surface area contributed by atoms with Crippen molar-refractivity contribution in [2.24, 2.45) is 0 Å². The number of likely N-dealkylation sites (tertiary alicyclic amines) is 1. The van der Waals surface area contributed by atoms with E-state index in [-0.39, 0.29) is 11.8 Å². The third-order valence-electron chi connectivity index (χ3n) is 6.58. The molecule has 4 rings (SSSR count). The molecule has 2 fully saturated rings. The lowest BCUT2D eigenvalue weighted by Crippen LogP contribution is -2.48. The quantitative estimate of drug-likeness (QED) is 0.741. The number of benzene rings is 2. The van der Waals surface area contributed by atoms with Gasteiger partial charge in [0.15, 0.2) is 0 Å². The summed E-state index contributed by atoms with van der Waals surface area (Å²) in [5, 5.41) is 0. The van der Waals surface area contributed by atoms with Gasteiger partial charge in [0.1, 0.15) is 6.04 Å². The van der Waals surface area contributed by atoms with Crippen LogP contribution in [0.25, 0.3) is 0 Å². The van der Waals surface area contributed by atoms with Crippen molar-refractivity contribution >= 4 is 11.8 Å². The molecule has 2 aliphatic heterocycles. The van der Waals surface area contributed by atoms with Crippen LogP contribution in [0.1, 0.15) is 48.4 Å². The number of aryl methyl sites for hydroxylation is 1. The van der Waals surface area contributed by atoms with E-state index in [1.54, 1.807) is 0 Å². The molecule has 2 aromatic carbocycles. The predicted octanol–water partition coefficient (Wildman–Crippen LogP) is 3.78. The van der Waals surface area contributed by atoms with E-state index in [0.29, 0.717) is 19.5 Å². The highest BCUT2D eigenvalue weighted by Crippen LogP contribution is 2.28. The zero-order chi connectivity index (χ0) is 21.6. The topological polar surface area (TPSA) is 43.9 Å². The second-order valence-corrected chi connectivity index (χ2v) is 8.74. The van der Waals surface area contributed by atoms with Gasteiger partial charge in [0.2, 0.25) is 11.8 Å². The van der Waals surface area contributed by atoms with Gasteiger partial charge < -0.3 is 9.80 Å². The van der Waals surface area contributed by atoms with Crippen molar-refractivity contribution in [1.82, 2.24) is 14.7 Å². The van der Waals surface area contributed by atoms with E-state index >= 15 is 0 Å². The maximum Gasteiger partial charge on any atom is 0.250 e. The van der Waals surface area contributed by atoms with E-state index in [9.17, 15) is 9.59 Å². The van der Waals surface area contributed by atoms with E-state index < -0.39 is 6.04 Å². The summed E-state index contributed by atoms with van der Waals surface area (Å²) in [5.74, 6) is 0.170. The maximum absolute atomic E-state index is 13.7. The van der Waals surface area contributed by atoms with Crippen molar-refractivity contribution in [1.29, 1.82) is 0 Å². The molecule has 0 N–H and O–H groups in total. The second-order valence-electron chi connectivity index (χ2n) is 8.74. The Labute approximate surface area is 185 Å². The molecule has 5 heteroatoms. The van der Waals surface area contributed by atoms with E-state index in [1.165, 1.54) is 11.1 Å². The fourth-order valence-electron chi connectivity index (χ4n) is 4.74. The van der Waals surface area contributed by atoms with Gasteiger partial charge in [0.05, 0.1) is 0 Å². The molecular formula is C26H33N3O2. The smallest absolute Gasteiger partial charge is 0.250 e. The van der Waals surface area contributed by atoms with Gasteiger partial charge in [-0.25, -0.2) is 0 Å². The zero-order valence-corrected chi connectivity index (χ0v) is 18.5. The van der Waals surface area contributed by atoms with Gasteiger partial charge >= 0.3 is 0 Å². The van der Waals surface area contributed by atoms with Gasteiger partial charge in [-0.05, 0) is 42.9 Å². The second kappa shape index (κ2) is 10.1. The van der Waals surface area contributed by atoms with Crippen LogP contribution >= 0.6 is 0 Å². The molecule has 2 heterocycles. The highest BCUT2D eigenvalue weighted by Gasteiger charge is 2.35. The van der Waals surface area contributed by atoms with Crippen LogP contribution in [0.5, 0.6) is 0 Å². The summed E-state index contributed by atoms with van der Waals surface area (Å²) in [4.78, 5) is 32.7. The number of amides is 2. The van der Waals surface area contributed by atoms with E-state index in [2.05, 4.69) is 36.1 Å². The lowest BCUT2D eigenvalue weighted by molar-refractivity contribution is -0.147. The lowest BCUT2D eigenvalue weighted by atomic mass is 10.00. The summed E-state index contributed by atoms with van der Waals surface area (Å²) in [7, 11) is 0. The Kier molecular flexibility index (Phi) is 7.03. The normalized spacial score (nSPS) is 19.2. The largest absolute Gasteiger partial charge is 0.339 e. The lowest BCUT2D eigenvalue weighted by Gasteiger charge is -2.37. The van der Waals surface area contributed by atoms with Gasteiger partial charge in [-0.15, -0.1) is 0 Å². The van der Waals surface area contributed by atoms with Crippen LogP contribution < -0.4 is 0 Å². The Morgan fingerprint density at radius 2 is 1.65 bits per heavy atom. The van der Waals surface area contributed by atoms with Crippen molar-refractivity contribution in [2.45, 2.75) is 45.2 Å². The molecule has 0 spiro atoms. The first-order valence-electron chi connectivity index (χ1n) is 11.5. The molecule has 164 valence electrons. The van der Waals surface area contributed by atoms with Gasteiger partial charge in [0, 0.05) is 45.7 Å². The minimum atomic E-state index is -0.503. The van der Waals surface area contributed by atoms with Gasteiger partial charge in [-0.2, -0.15) is 0 Å². The maximum atomic E-state index is 13.7.